The maximum absolute atomic E-state index is 12.6. The number of pyridine rings is 1. The Balaban J connectivity index is 1.57. The number of hydrogen-bond donors (Lipinski definition) is 2. The van der Waals surface area contributed by atoms with E-state index in [9.17, 15) is 9.59 Å². The maximum Gasteiger partial charge on any atom is 0.261 e. The molecule has 2 N–H and O–H groups in total. The van der Waals surface area contributed by atoms with Gasteiger partial charge in [-0.2, -0.15) is 0 Å². The van der Waals surface area contributed by atoms with Crippen LogP contribution in [0.4, 0.5) is 0 Å². The van der Waals surface area contributed by atoms with Crippen LogP contribution in [0.2, 0.25) is 0 Å². The second-order valence-electron chi connectivity index (χ2n) is 5.90. The van der Waals surface area contributed by atoms with E-state index in [-0.39, 0.29) is 17.5 Å². The van der Waals surface area contributed by atoms with E-state index in [0.29, 0.717) is 17.4 Å². The topological polar surface area (TPSA) is 75.1 Å². The molecule has 3 aromatic rings. The molecule has 0 bridgehead atoms. The van der Waals surface area contributed by atoms with Crippen molar-refractivity contribution in [3.05, 3.63) is 68.8 Å². The molecular formula is C18H16N2O3S. The lowest BCUT2D eigenvalue weighted by Crippen LogP contribution is -2.33. The molecule has 1 aliphatic carbocycles. The number of aromatic amines is 1. The Bertz CT molecular complexity index is 893. The summed E-state index contributed by atoms with van der Waals surface area (Å²) >= 11 is 1.63. The van der Waals surface area contributed by atoms with Crippen LogP contribution in [-0.4, -0.2) is 10.9 Å². The quantitative estimate of drug-likeness (QED) is 0.745. The molecule has 24 heavy (non-hydrogen) atoms. The first-order chi connectivity index (χ1) is 11.7. The first-order valence-electron chi connectivity index (χ1n) is 7.84. The number of H-pyrrole nitrogens is 1. The van der Waals surface area contributed by atoms with E-state index in [4.69, 9.17) is 4.42 Å². The summed E-state index contributed by atoms with van der Waals surface area (Å²) in [6.07, 6.45) is 3.75. The summed E-state index contributed by atoms with van der Waals surface area (Å²) in [6.45, 7) is 0. The number of amides is 1. The van der Waals surface area contributed by atoms with Gasteiger partial charge in [0.25, 0.3) is 11.5 Å². The molecule has 5 nitrogen and oxygen atoms in total. The largest absolute Gasteiger partial charge is 0.463 e. The lowest BCUT2D eigenvalue weighted by Gasteiger charge is -2.16. The SMILES string of the molecule is O=C(N[C@H](c1cccs1)C1CC1)c1ccc(-c2ccco2)[nH]c1=O. The average Bonchev–Trinajstić information content (AvgIpc) is 3.04. The van der Waals surface area contributed by atoms with Crippen LogP contribution in [0.15, 0.2) is 57.3 Å². The fourth-order valence-electron chi connectivity index (χ4n) is 2.77. The summed E-state index contributed by atoms with van der Waals surface area (Å²) in [5.41, 5.74) is 0.258. The van der Waals surface area contributed by atoms with Crippen molar-refractivity contribution in [3.8, 4) is 11.5 Å². The summed E-state index contributed by atoms with van der Waals surface area (Å²) < 4.78 is 5.26. The van der Waals surface area contributed by atoms with Crippen LogP contribution in [0, 0.1) is 5.92 Å². The van der Waals surface area contributed by atoms with E-state index < -0.39 is 5.56 Å². The van der Waals surface area contributed by atoms with Gasteiger partial charge < -0.3 is 14.7 Å². The number of aromatic nitrogens is 1. The Hall–Kier alpha value is -2.60. The molecule has 1 fully saturated rings. The number of thiophene rings is 1. The third kappa shape index (κ3) is 2.92. The Labute approximate surface area is 142 Å². The van der Waals surface area contributed by atoms with Crippen LogP contribution in [0.3, 0.4) is 0 Å². The van der Waals surface area contributed by atoms with Crippen LogP contribution in [0.1, 0.15) is 34.1 Å². The van der Waals surface area contributed by atoms with Crippen molar-refractivity contribution in [1.29, 1.82) is 0 Å². The summed E-state index contributed by atoms with van der Waals surface area (Å²) in [7, 11) is 0. The molecule has 122 valence electrons. The molecule has 1 aliphatic rings. The maximum atomic E-state index is 12.6. The van der Waals surface area contributed by atoms with Gasteiger partial charge in [-0.1, -0.05) is 6.07 Å². The number of furan rings is 1. The number of rotatable bonds is 5. The molecule has 4 rings (SSSR count). The molecule has 3 aromatic heterocycles. The standard InChI is InChI=1S/C18H16N2O3S/c21-17-12(7-8-13(19-17)14-3-1-9-23-14)18(22)20-16(11-5-6-11)15-4-2-10-24-15/h1-4,7-11,16H,5-6H2,(H,19,21)(H,20,22)/t16-/m0/s1. The van der Waals surface area contributed by atoms with E-state index in [2.05, 4.69) is 10.3 Å². The fraction of sp³-hybridized carbons (Fsp3) is 0.222. The predicted molar refractivity (Wildman–Crippen MR) is 92.0 cm³/mol. The highest BCUT2D eigenvalue weighted by molar-refractivity contribution is 7.10. The zero-order valence-corrected chi connectivity index (χ0v) is 13.6. The third-order valence-electron chi connectivity index (χ3n) is 4.17. The number of nitrogens with one attached hydrogen (secondary N) is 2. The number of carbonyl (C=O) groups is 1. The first kappa shape index (κ1) is 15.0. The zero-order chi connectivity index (χ0) is 16.5. The van der Waals surface area contributed by atoms with Crippen molar-refractivity contribution in [2.24, 2.45) is 5.92 Å². The van der Waals surface area contributed by atoms with Crippen LogP contribution in [0.25, 0.3) is 11.5 Å². The molecule has 3 heterocycles. The summed E-state index contributed by atoms with van der Waals surface area (Å²) in [5.74, 6) is 0.690. The first-order valence-corrected chi connectivity index (χ1v) is 8.72. The van der Waals surface area contributed by atoms with Gasteiger partial charge in [-0.25, -0.2) is 0 Å². The van der Waals surface area contributed by atoms with E-state index in [1.54, 1.807) is 35.6 Å². The van der Waals surface area contributed by atoms with E-state index in [1.807, 2.05) is 17.5 Å². The van der Waals surface area contributed by atoms with Crippen molar-refractivity contribution in [1.82, 2.24) is 10.3 Å². The molecule has 0 saturated heterocycles. The lowest BCUT2D eigenvalue weighted by molar-refractivity contribution is 0.0931. The second-order valence-corrected chi connectivity index (χ2v) is 6.88. The van der Waals surface area contributed by atoms with Gasteiger partial charge in [0.15, 0.2) is 0 Å². The van der Waals surface area contributed by atoms with Crippen molar-refractivity contribution in [2.75, 3.05) is 0 Å². The normalized spacial score (nSPS) is 15.2. The summed E-state index contributed by atoms with van der Waals surface area (Å²) in [6, 6.07) is 10.7. The van der Waals surface area contributed by atoms with E-state index in [1.165, 1.54) is 6.26 Å². The van der Waals surface area contributed by atoms with Gasteiger partial charge in [-0.15, -0.1) is 11.3 Å². The highest BCUT2D eigenvalue weighted by atomic mass is 32.1. The minimum atomic E-state index is -0.415. The van der Waals surface area contributed by atoms with Gasteiger partial charge >= 0.3 is 0 Å². The minimum Gasteiger partial charge on any atom is -0.463 e. The highest BCUT2D eigenvalue weighted by Gasteiger charge is 2.34. The van der Waals surface area contributed by atoms with Crippen molar-refractivity contribution >= 4 is 17.2 Å². The molecule has 0 radical (unpaired) electrons. The minimum absolute atomic E-state index is 0.0124. The van der Waals surface area contributed by atoms with E-state index in [0.717, 1.165) is 17.7 Å². The summed E-state index contributed by atoms with van der Waals surface area (Å²) in [4.78, 5) is 28.7. The fourth-order valence-corrected chi connectivity index (χ4v) is 3.64. The number of carbonyl (C=O) groups excluding carboxylic acids is 1. The Morgan fingerprint density at radius 2 is 2.12 bits per heavy atom. The monoisotopic (exact) mass is 340 g/mol. The molecule has 6 heteroatoms. The average molecular weight is 340 g/mol. The molecule has 0 aromatic carbocycles. The zero-order valence-electron chi connectivity index (χ0n) is 12.8. The molecule has 1 amide bonds. The van der Waals surface area contributed by atoms with Gasteiger partial charge in [-0.05, 0) is 54.5 Å². The smallest absolute Gasteiger partial charge is 0.261 e. The van der Waals surface area contributed by atoms with Crippen molar-refractivity contribution < 1.29 is 9.21 Å². The van der Waals surface area contributed by atoms with Crippen LogP contribution in [-0.2, 0) is 0 Å². The molecule has 0 aliphatic heterocycles. The van der Waals surface area contributed by atoms with Crippen LogP contribution < -0.4 is 10.9 Å². The molecule has 0 spiro atoms. The van der Waals surface area contributed by atoms with E-state index >= 15 is 0 Å². The van der Waals surface area contributed by atoms with Crippen molar-refractivity contribution in [2.45, 2.75) is 18.9 Å². The van der Waals surface area contributed by atoms with Gasteiger partial charge in [0.1, 0.15) is 11.3 Å². The van der Waals surface area contributed by atoms with Gasteiger partial charge in [0.05, 0.1) is 18.0 Å². The Kier molecular flexibility index (Phi) is 3.82. The van der Waals surface area contributed by atoms with Crippen LogP contribution in [0.5, 0.6) is 0 Å². The summed E-state index contributed by atoms with van der Waals surface area (Å²) in [5, 5.41) is 5.02. The predicted octanol–water partition coefficient (Wildman–Crippen LogP) is 3.58. The molecule has 1 saturated carbocycles. The third-order valence-corrected chi connectivity index (χ3v) is 5.13. The Morgan fingerprint density at radius 3 is 2.75 bits per heavy atom. The highest BCUT2D eigenvalue weighted by Crippen LogP contribution is 2.42. The van der Waals surface area contributed by atoms with Gasteiger partial charge in [0.2, 0.25) is 0 Å². The Morgan fingerprint density at radius 1 is 1.25 bits per heavy atom. The molecular weight excluding hydrogens is 324 g/mol. The second kappa shape index (κ2) is 6.13. The van der Waals surface area contributed by atoms with Crippen LogP contribution >= 0.6 is 11.3 Å². The molecule has 0 unspecified atom stereocenters. The van der Waals surface area contributed by atoms with Gasteiger partial charge in [0, 0.05) is 4.88 Å². The number of hydrogen-bond acceptors (Lipinski definition) is 4. The molecule has 1 atom stereocenters. The van der Waals surface area contributed by atoms with Crippen molar-refractivity contribution in [3.63, 3.8) is 0 Å². The lowest BCUT2D eigenvalue weighted by atomic mass is 10.1. The van der Waals surface area contributed by atoms with Gasteiger partial charge in [-0.3, -0.25) is 9.59 Å².